The van der Waals surface area contributed by atoms with Gasteiger partial charge in [0.15, 0.2) is 0 Å². The number of nitrogens with one attached hydrogen (secondary N) is 1. The van der Waals surface area contributed by atoms with E-state index < -0.39 is 0 Å². The number of hydrogen-bond donors (Lipinski definition) is 1. The van der Waals surface area contributed by atoms with Crippen LogP contribution in [0.5, 0.6) is 0 Å². The van der Waals surface area contributed by atoms with Gasteiger partial charge in [-0.25, -0.2) is 0 Å². The van der Waals surface area contributed by atoms with E-state index in [4.69, 9.17) is 0 Å². The molecule has 2 unspecified atom stereocenters. The molecule has 1 aromatic carbocycles. The fraction of sp³-hybridized carbons (Fsp3) is 0.571. The molecule has 2 atom stereocenters. The number of rotatable bonds is 2. The zero-order chi connectivity index (χ0) is 11.5. The molecule has 1 aliphatic rings. The minimum atomic E-state index is 0.672. The average molecular weight is 282 g/mol. The summed E-state index contributed by atoms with van der Waals surface area (Å²) >= 11 is 3.57. The van der Waals surface area contributed by atoms with Gasteiger partial charge in [0.25, 0.3) is 0 Å². The van der Waals surface area contributed by atoms with Crippen molar-refractivity contribution in [2.24, 2.45) is 11.8 Å². The van der Waals surface area contributed by atoms with Crippen LogP contribution in [0.2, 0.25) is 0 Å². The molecule has 0 radical (unpaired) electrons. The summed E-state index contributed by atoms with van der Waals surface area (Å²) in [5.41, 5.74) is 1.47. The molecule has 1 N–H and O–H groups in total. The second-order valence-corrected chi connectivity index (χ2v) is 5.98. The van der Waals surface area contributed by atoms with E-state index in [1.807, 2.05) is 0 Å². The van der Waals surface area contributed by atoms with Crippen LogP contribution in [0.1, 0.15) is 31.7 Å². The minimum absolute atomic E-state index is 0.672. The quantitative estimate of drug-likeness (QED) is 0.870. The van der Waals surface area contributed by atoms with E-state index in [1.54, 1.807) is 0 Å². The molecule has 0 aliphatic carbocycles. The molecule has 88 valence electrons. The number of piperidine rings is 1. The summed E-state index contributed by atoms with van der Waals surface area (Å²) in [6.07, 6.45) is 1.30. The molecule has 0 spiro atoms. The van der Waals surface area contributed by atoms with Gasteiger partial charge in [-0.2, -0.15) is 0 Å². The lowest BCUT2D eigenvalue weighted by atomic mass is 9.75. The highest BCUT2D eigenvalue weighted by Gasteiger charge is 2.28. The van der Waals surface area contributed by atoms with Gasteiger partial charge < -0.3 is 5.32 Å². The lowest BCUT2D eigenvalue weighted by Crippen LogP contribution is -2.37. The summed E-state index contributed by atoms with van der Waals surface area (Å²) in [6.45, 7) is 6.99. The summed E-state index contributed by atoms with van der Waals surface area (Å²) < 4.78 is 1.19. The van der Waals surface area contributed by atoms with Crippen LogP contribution in [-0.4, -0.2) is 13.1 Å². The average Bonchev–Trinajstić information content (AvgIpc) is 2.29. The van der Waals surface area contributed by atoms with Crippen molar-refractivity contribution < 1.29 is 0 Å². The summed E-state index contributed by atoms with van der Waals surface area (Å²) in [6, 6.07) is 8.78. The zero-order valence-corrected chi connectivity index (χ0v) is 11.6. The molecule has 1 fully saturated rings. The van der Waals surface area contributed by atoms with Crippen molar-refractivity contribution in [3.05, 3.63) is 34.3 Å². The first-order valence-electron chi connectivity index (χ1n) is 6.14. The molecule has 16 heavy (non-hydrogen) atoms. The summed E-state index contributed by atoms with van der Waals surface area (Å²) in [7, 11) is 0. The maximum absolute atomic E-state index is 3.57. The molecule has 2 rings (SSSR count). The van der Waals surface area contributed by atoms with Crippen LogP contribution in [-0.2, 0) is 0 Å². The van der Waals surface area contributed by atoms with E-state index in [2.05, 4.69) is 59.4 Å². The van der Waals surface area contributed by atoms with Crippen molar-refractivity contribution in [1.29, 1.82) is 0 Å². The predicted octanol–water partition coefficient (Wildman–Crippen LogP) is 3.80. The second-order valence-electron chi connectivity index (χ2n) is 5.06. The molecule has 2 heteroatoms. The van der Waals surface area contributed by atoms with Gasteiger partial charge in [0.05, 0.1) is 0 Å². The van der Waals surface area contributed by atoms with Gasteiger partial charge in [-0.05, 0) is 48.4 Å². The fourth-order valence-electron chi connectivity index (χ4n) is 2.78. The highest BCUT2D eigenvalue weighted by atomic mass is 79.9. The molecular formula is C14H20BrN. The van der Waals surface area contributed by atoms with Crippen molar-refractivity contribution in [3.63, 3.8) is 0 Å². The summed E-state index contributed by atoms with van der Waals surface area (Å²) in [4.78, 5) is 0. The zero-order valence-electron chi connectivity index (χ0n) is 10.0. The van der Waals surface area contributed by atoms with Gasteiger partial charge in [-0.15, -0.1) is 0 Å². The molecule has 1 nitrogen and oxygen atoms in total. The fourth-order valence-corrected chi connectivity index (χ4v) is 3.20. The molecule has 1 aromatic rings. The third-order valence-corrected chi connectivity index (χ3v) is 4.16. The largest absolute Gasteiger partial charge is 0.316 e. The highest BCUT2D eigenvalue weighted by Crippen LogP contribution is 2.35. The number of halogens is 1. The smallest absolute Gasteiger partial charge is 0.0178 e. The van der Waals surface area contributed by atoms with Gasteiger partial charge in [-0.1, -0.05) is 41.9 Å². The number of hydrogen-bond acceptors (Lipinski definition) is 1. The summed E-state index contributed by atoms with van der Waals surface area (Å²) in [5, 5.41) is 3.52. The van der Waals surface area contributed by atoms with Crippen molar-refractivity contribution in [1.82, 2.24) is 5.32 Å². The highest BCUT2D eigenvalue weighted by molar-refractivity contribution is 9.10. The second kappa shape index (κ2) is 5.33. The van der Waals surface area contributed by atoms with E-state index in [-0.39, 0.29) is 0 Å². The van der Waals surface area contributed by atoms with Gasteiger partial charge in [0.2, 0.25) is 0 Å². The van der Waals surface area contributed by atoms with E-state index in [0.717, 1.165) is 18.4 Å². The lowest BCUT2D eigenvalue weighted by Gasteiger charge is -2.35. The summed E-state index contributed by atoms with van der Waals surface area (Å²) in [5.74, 6) is 2.26. The van der Waals surface area contributed by atoms with Crippen LogP contribution < -0.4 is 5.32 Å². The van der Waals surface area contributed by atoms with Gasteiger partial charge in [0.1, 0.15) is 0 Å². The van der Waals surface area contributed by atoms with Crippen LogP contribution >= 0.6 is 15.9 Å². The van der Waals surface area contributed by atoms with Crippen molar-refractivity contribution in [2.75, 3.05) is 13.1 Å². The molecule has 1 aliphatic heterocycles. The Hall–Kier alpha value is -0.340. The monoisotopic (exact) mass is 281 g/mol. The van der Waals surface area contributed by atoms with Gasteiger partial charge in [-0.3, -0.25) is 0 Å². The topological polar surface area (TPSA) is 12.0 Å². The van der Waals surface area contributed by atoms with Crippen LogP contribution in [0.4, 0.5) is 0 Å². The molecule has 0 saturated carbocycles. The van der Waals surface area contributed by atoms with Crippen LogP contribution in [0.3, 0.4) is 0 Å². The molecule has 1 saturated heterocycles. The molecule has 0 amide bonds. The van der Waals surface area contributed by atoms with Gasteiger partial charge in [0, 0.05) is 11.0 Å². The van der Waals surface area contributed by atoms with E-state index in [9.17, 15) is 0 Å². The first-order valence-corrected chi connectivity index (χ1v) is 6.94. The van der Waals surface area contributed by atoms with E-state index >= 15 is 0 Å². The predicted molar refractivity (Wildman–Crippen MR) is 72.7 cm³/mol. The lowest BCUT2D eigenvalue weighted by molar-refractivity contribution is 0.251. The third kappa shape index (κ3) is 2.67. The SMILES string of the molecule is CC(C)C1CCNCC1c1cccc(Br)c1. The molecule has 1 heterocycles. The Morgan fingerprint density at radius 1 is 1.38 bits per heavy atom. The Morgan fingerprint density at radius 2 is 2.19 bits per heavy atom. The minimum Gasteiger partial charge on any atom is -0.316 e. The Balaban J connectivity index is 2.23. The molecule has 0 bridgehead atoms. The van der Waals surface area contributed by atoms with Crippen molar-refractivity contribution in [2.45, 2.75) is 26.2 Å². The standard InChI is InChI=1S/C14H20BrN/c1-10(2)13-6-7-16-9-14(13)11-4-3-5-12(15)8-11/h3-5,8,10,13-14,16H,6-7,9H2,1-2H3. The molecule has 0 aromatic heterocycles. The first-order chi connectivity index (χ1) is 7.68. The van der Waals surface area contributed by atoms with E-state index in [1.165, 1.54) is 23.0 Å². The van der Waals surface area contributed by atoms with Gasteiger partial charge >= 0.3 is 0 Å². The molecular weight excluding hydrogens is 262 g/mol. The Kier molecular flexibility index (Phi) is 4.04. The van der Waals surface area contributed by atoms with Crippen molar-refractivity contribution in [3.8, 4) is 0 Å². The van der Waals surface area contributed by atoms with Crippen LogP contribution in [0.15, 0.2) is 28.7 Å². The van der Waals surface area contributed by atoms with Crippen LogP contribution in [0, 0.1) is 11.8 Å². The Labute approximate surface area is 107 Å². The Bertz CT molecular complexity index is 348. The maximum atomic E-state index is 3.57. The maximum Gasteiger partial charge on any atom is 0.0178 e. The van der Waals surface area contributed by atoms with E-state index in [0.29, 0.717) is 5.92 Å². The normalized spacial score (nSPS) is 26.0. The number of benzene rings is 1. The van der Waals surface area contributed by atoms with Crippen molar-refractivity contribution >= 4 is 15.9 Å². The Morgan fingerprint density at radius 3 is 2.88 bits per heavy atom. The third-order valence-electron chi connectivity index (χ3n) is 3.67. The van der Waals surface area contributed by atoms with Crippen LogP contribution in [0.25, 0.3) is 0 Å². The first kappa shape index (κ1) is 12.1.